The monoisotopic (exact) mass is 444 g/mol. The lowest BCUT2D eigenvalue weighted by atomic mass is 9.97. The van der Waals surface area contributed by atoms with Crippen LogP contribution in [-0.2, 0) is 16.0 Å². The highest BCUT2D eigenvalue weighted by molar-refractivity contribution is 5.77. The molecule has 0 aromatic heterocycles. The third-order valence-corrected chi connectivity index (χ3v) is 6.47. The molecule has 0 spiro atoms. The van der Waals surface area contributed by atoms with Gasteiger partial charge in [0.05, 0.1) is 12.5 Å². The molecule has 0 amide bonds. The maximum atomic E-state index is 12.3. The minimum absolute atomic E-state index is 0.0908. The lowest BCUT2D eigenvalue weighted by molar-refractivity contribution is -0.145. The van der Waals surface area contributed by atoms with Crippen LogP contribution in [-0.4, -0.2) is 12.6 Å². The van der Waals surface area contributed by atoms with Gasteiger partial charge in [0, 0.05) is 0 Å². The first-order chi connectivity index (χ1) is 15.5. The molecule has 32 heavy (non-hydrogen) atoms. The number of hydrogen-bond acceptors (Lipinski definition) is 2. The Morgan fingerprint density at radius 3 is 1.56 bits per heavy atom. The molecule has 1 unspecified atom stereocenters. The molecule has 1 rings (SSSR count). The van der Waals surface area contributed by atoms with Crippen LogP contribution in [0.15, 0.2) is 24.3 Å². The summed E-state index contributed by atoms with van der Waals surface area (Å²) < 4.78 is 5.53. The molecule has 0 fully saturated rings. The number of benzene rings is 1. The van der Waals surface area contributed by atoms with Gasteiger partial charge in [-0.25, -0.2) is 0 Å². The summed E-state index contributed by atoms with van der Waals surface area (Å²) in [6.45, 7) is 9.25. The Kier molecular flexibility index (Phi) is 17.2. The van der Waals surface area contributed by atoms with Crippen LogP contribution in [0.25, 0.3) is 0 Å². The van der Waals surface area contributed by atoms with Crippen molar-refractivity contribution in [3.05, 3.63) is 35.4 Å². The van der Waals surface area contributed by atoms with Crippen molar-refractivity contribution in [3.8, 4) is 0 Å². The molecule has 1 aromatic carbocycles. The fourth-order valence-electron chi connectivity index (χ4n) is 4.32. The maximum Gasteiger partial charge on any atom is 0.313 e. The zero-order valence-electron chi connectivity index (χ0n) is 21.8. The minimum Gasteiger partial charge on any atom is -0.465 e. The normalized spacial score (nSPS) is 12.3. The number of carbonyl (C=O) groups excluding carboxylic acids is 1. The Hall–Kier alpha value is -1.31. The van der Waals surface area contributed by atoms with Crippen molar-refractivity contribution >= 4 is 5.97 Å². The second-order valence-corrected chi connectivity index (χ2v) is 10.2. The molecule has 2 heteroatoms. The second-order valence-electron chi connectivity index (χ2n) is 10.2. The van der Waals surface area contributed by atoms with E-state index in [1.807, 2.05) is 6.92 Å². The summed E-state index contributed by atoms with van der Waals surface area (Å²) in [6, 6.07) is 8.45. The van der Waals surface area contributed by atoms with Crippen LogP contribution < -0.4 is 0 Å². The standard InChI is InChI=1S/C30H52O2/c1-5-6-7-8-9-10-11-12-13-14-15-16-17-18-19-24-32-30(31)27(4)29-22-20-28(21-23-29)25-26(2)3/h20-23,26-27H,5-19,24-25H2,1-4H3. The molecule has 0 bridgehead atoms. The van der Waals surface area contributed by atoms with Gasteiger partial charge in [0.1, 0.15) is 0 Å². The van der Waals surface area contributed by atoms with E-state index in [4.69, 9.17) is 4.74 Å². The average molecular weight is 445 g/mol. The lowest BCUT2D eigenvalue weighted by Crippen LogP contribution is -2.14. The van der Waals surface area contributed by atoms with E-state index in [9.17, 15) is 4.79 Å². The van der Waals surface area contributed by atoms with E-state index in [1.165, 1.54) is 95.5 Å². The van der Waals surface area contributed by atoms with Crippen molar-refractivity contribution in [2.45, 2.75) is 136 Å². The summed E-state index contributed by atoms with van der Waals surface area (Å²) in [7, 11) is 0. The molecule has 0 aliphatic carbocycles. The van der Waals surface area contributed by atoms with Crippen LogP contribution in [0.1, 0.15) is 141 Å². The van der Waals surface area contributed by atoms with E-state index >= 15 is 0 Å². The molecule has 2 nitrogen and oxygen atoms in total. The average Bonchev–Trinajstić information content (AvgIpc) is 2.78. The molecule has 1 atom stereocenters. The largest absolute Gasteiger partial charge is 0.465 e. The first-order valence-corrected chi connectivity index (χ1v) is 13.8. The van der Waals surface area contributed by atoms with Gasteiger partial charge in [-0.15, -0.1) is 0 Å². The lowest BCUT2D eigenvalue weighted by Gasteiger charge is -2.13. The van der Waals surface area contributed by atoms with E-state index in [1.54, 1.807) is 0 Å². The molecule has 184 valence electrons. The van der Waals surface area contributed by atoms with Crippen LogP contribution >= 0.6 is 0 Å². The minimum atomic E-state index is -0.181. The van der Waals surface area contributed by atoms with Crippen molar-refractivity contribution in [2.75, 3.05) is 6.61 Å². The van der Waals surface area contributed by atoms with Crippen LogP contribution in [0.2, 0.25) is 0 Å². The van der Waals surface area contributed by atoms with Gasteiger partial charge in [0.2, 0.25) is 0 Å². The van der Waals surface area contributed by atoms with Gasteiger partial charge in [-0.1, -0.05) is 135 Å². The first kappa shape index (κ1) is 28.7. The second kappa shape index (κ2) is 19.2. The maximum absolute atomic E-state index is 12.3. The molecule has 0 heterocycles. The van der Waals surface area contributed by atoms with Gasteiger partial charge in [-0.2, -0.15) is 0 Å². The quantitative estimate of drug-likeness (QED) is 0.148. The number of carbonyl (C=O) groups is 1. The summed E-state index contributed by atoms with van der Waals surface area (Å²) in [5.41, 5.74) is 2.39. The summed E-state index contributed by atoms with van der Waals surface area (Å²) in [4.78, 5) is 12.3. The summed E-state index contributed by atoms with van der Waals surface area (Å²) in [5, 5.41) is 0. The van der Waals surface area contributed by atoms with Gasteiger partial charge in [0.25, 0.3) is 0 Å². The van der Waals surface area contributed by atoms with Crippen LogP contribution in [0.5, 0.6) is 0 Å². The first-order valence-electron chi connectivity index (χ1n) is 13.8. The molecule has 0 radical (unpaired) electrons. The van der Waals surface area contributed by atoms with Gasteiger partial charge < -0.3 is 4.74 Å². The predicted molar refractivity (Wildman–Crippen MR) is 139 cm³/mol. The highest BCUT2D eigenvalue weighted by atomic mass is 16.5. The molecule has 0 aliphatic rings. The van der Waals surface area contributed by atoms with Crippen molar-refractivity contribution in [1.82, 2.24) is 0 Å². The van der Waals surface area contributed by atoms with Gasteiger partial charge in [-0.3, -0.25) is 4.79 Å². The number of ether oxygens (including phenoxy) is 1. The van der Waals surface area contributed by atoms with Gasteiger partial charge in [-0.05, 0) is 36.8 Å². The number of hydrogen-bond donors (Lipinski definition) is 0. The third kappa shape index (κ3) is 14.7. The van der Waals surface area contributed by atoms with Crippen molar-refractivity contribution in [1.29, 1.82) is 0 Å². The van der Waals surface area contributed by atoms with Crippen LogP contribution in [0, 0.1) is 5.92 Å². The fourth-order valence-corrected chi connectivity index (χ4v) is 4.32. The highest BCUT2D eigenvalue weighted by Crippen LogP contribution is 2.19. The van der Waals surface area contributed by atoms with E-state index < -0.39 is 0 Å². The predicted octanol–water partition coefficient (Wildman–Crippen LogP) is 9.40. The summed E-state index contributed by atoms with van der Waals surface area (Å²) >= 11 is 0. The van der Waals surface area contributed by atoms with Crippen LogP contribution in [0.4, 0.5) is 0 Å². The number of esters is 1. The zero-order valence-corrected chi connectivity index (χ0v) is 21.8. The smallest absolute Gasteiger partial charge is 0.313 e. The van der Waals surface area contributed by atoms with Crippen molar-refractivity contribution < 1.29 is 9.53 Å². The molecular weight excluding hydrogens is 392 g/mol. The summed E-state index contributed by atoms with van der Waals surface area (Å²) in [5.74, 6) is 0.379. The van der Waals surface area contributed by atoms with E-state index in [0.29, 0.717) is 12.5 Å². The Labute approximate surface area is 199 Å². The summed E-state index contributed by atoms with van der Waals surface area (Å²) in [6.07, 6.45) is 21.3. The third-order valence-electron chi connectivity index (χ3n) is 6.47. The van der Waals surface area contributed by atoms with Gasteiger partial charge >= 0.3 is 5.97 Å². The Balaban J connectivity index is 1.94. The number of rotatable bonds is 20. The van der Waals surface area contributed by atoms with Crippen molar-refractivity contribution in [3.63, 3.8) is 0 Å². The topological polar surface area (TPSA) is 26.3 Å². The molecule has 0 N–H and O–H groups in total. The van der Waals surface area contributed by atoms with Gasteiger partial charge in [0.15, 0.2) is 0 Å². The molecule has 1 aromatic rings. The van der Waals surface area contributed by atoms with Crippen LogP contribution in [0.3, 0.4) is 0 Å². The number of unbranched alkanes of at least 4 members (excludes halogenated alkanes) is 14. The van der Waals surface area contributed by atoms with E-state index in [0.717, 1.165) is 18.4 Å². The SMILES string of the molecule is CCCCCCCCCCCCCCCCCOC(=O)C(C)c1ccc(CC(C)C)cc1. The molecule has 0 saturated carbocycles. The zero-order chi connectivity index (χ0) is 23.4. The Morgan fingerprint density at radius 1 is 0.688 bits per heavy atom. The fraction of sp³-hybridized carbons (Fsp3) is 0.767. The Bertz CT molecular complexity index is 561. The van der Waals surface area contributed by atoms with E-state index in [2.05, 4.69) is 45.0 Å². The molecule has 0 aliphatic heterocycles. The molecule has 0 saturated heterocycles. The van der Waals surface area contributed by atoms with E-state index in [-0.39, 0.29) is 11.9 Å². The highest BCUT2D eigenvalue weighted by Gasteiger charge is 2.16. The molecular formula is C30H52O2. The Morgan fingerprint density at radius 2 is 1.12 bits per heavy atom. The van der Waals surface area contributed by atoms with Crippen molar-refractivity contribution in [2.24, 2.45) is 5.92 Å².